The molecule has 1 heterocycles. The second-order valence-electron chi connectivity index (χ2n) is 5.47. The Kier molecular flexibility index (Phi) is 5.83. The minimum Gasteiger partial charge on any atom is -0.339 e. The first-order valence-corrected chi connectivity index (χ1v) is 9.54. The number of carbonyl (C=O) groups is 1. The fraction of sp³-hybridized carbons (Fsp3) is 0.533. The molecule has 0 unspecified atom stereocenters. The zero-order valence-corrected chi connectivity index (χ0v) is 14.2. The molecule has 1 aliphatic rings. The van der Waals surface area contributed by atoms with E-state index in [1.54, 1.807) is 29.2 Å². The summed E-state index contributed by atoms with van der Waals surface area (Å²) in [7, 11) is -3.46. The summed E-state index contributed by atoms with van der Waals surface area (Å²) in [6, 6.07) is 6.64. The molecule has 2 rings (SSSR count). The van der Waals surface area contributed by atoms with E-state index in [2.05, 4.69) is 11.8 Å². The van der Waals surface area contributed by atoms with Crippen molar-refractivity contribution in [1.82, 2.24) is 9.80 Å². The lowest BCUT2D eigenvalue weighted by Crippen LogP contribution is -2.49. The highest BCUT2D eigenvalue weighted by atomic mass is 35.5. The van der Waals surface area contributed by atoms with Crippen molar-refractivity contribution in [2.75, 3.05) is 38.5 Å². The summed E-state index contributed by atoms with van der Waals surface area (Å²) >= 11 is 5.78. The van der Waals surface area contributed by atoms with E-state index in [0.717, 1.165) is 19.6 Å². The summed E-state index contributed by atoms with van der Waals surface area (Å²) in [4.78, 5) is 16.0. The number of hydrogen-bond donors (Lipinski definition) is 0. The van der Waals surface area contributed by atoms with Crippen LogP contribution >= 0.6 is 11.6 Å². The zero-order chi connectivity index (χ0) is 16.2. The predicted molar refractivity (Wildman–Crippen MR) is 87.6 cm³/mol. The van der Waals surface area contributed by atoms with E-state index in [1.165, 1.54) is 0 Å². The molecule has 1 saturated heterocycles. The van der Waals surface area contributed by atoms with Gasteiger partial charge in [0.1, 0.15) is 5.75 Å². The number of carbonyl (C=O) groups excluding carboxylic acids is 1. The number of nitrogens with zero attached hydrogens (tertiary/aromatic N) is 2. The number of halogens is 1. The summed E-state index contributed by atoms with van der Waals surface area (Å²) in [6.07, 6.45) is 0. The SMILES string of the molecule is CCN1CCN(C(=O)CS(=O)(=O)Cc2ccc(Cl)cc2)CC1. The van der Waals surface area contributed by atoms with Crippen LogP contribution in [0.4, 0.5) is 0 Å². The molecular weight excluding hydrogens is 324 g/mol. The molecule has 5 nitrogen and oxygen atoms in total. The Labute approximate surface area is 136 Å². The Balaban J connectivity index is 1.91. The van der Waals surface area contributed by atoms with Crippen molar-refractivity contribution in [1.29, 1.82) is 0 Å². The lowest BCUT2D eigenvalue weighted by Gasteiger charge is -2.34. The molecule has 0 saturated carbocycles. The van der Waals surface area contributed by atoms with Crippen LogP contribution in [0.1, 0.15) is 12.5 Å². The topological polar surface area (TPSA) is 57.7 Å². The zero-order valence-electron chi connectivity index (χ0n) is 12.7. The highest BCUT2D eigenvalue weighted by molar-refractivity contribution is 7.91. The van der Waals surface area contributed by atoms with Gasteiger partial charge in [0, 0.05) is 31.2 Å². The van der Waals surface area contributed by atoms with E-state index in [1.807, 2.05) is 0 Å². The normalized spacial score (nSPS) is 16.7. The van der Waals surface area contributed by atoms with Gasteiger partial charge in [0.05, 0.1) is 5.75 Å². The highest BCUT2D eigenvalue weighted by Gasteiger charge is 2.25. The molecule has 1 aromatic carbocycles. The average Bonchev–Trinajstić information content (AvgIpc) is 2.49. The molecule has 0 aromatic heterocycles. The monoisotopic (exact) mass is 344 g/mol. The van der Waals surface area contributed by atoms with Gasteiger partial charge in [-0.05, 0) is 24.2 Å². The molecule has 1 amide bonds. The minimum atomic E-state index is -3.46. The second-order valence-corrected chi connectivity index (χ2v) is 7.97. The summed E-state index contributed by atoms with van der Waals surface area (Å²) < 4.78 is 24.3. The first-order chi connectivity index (χ1) is 10.4. The van der Waals surface area contributed by atoms with Crippen LogP contribution in [0.3, 0.4) is 0 Å². The molecule has 1 aromatic rings. The van der Waals surface area contributed by atoms with E-state index < -0.39 is 15.6 Å². The Morgan fingerprint density at radius 2 is 1.73 bits per heavy atom. The molecule has 1 aliphatic heterocycles. The number of hydrogen-bond acceptors (Lipinski definition) is 4. The van der Waals surface area contributed by atoms with E-state index >= 15 is 0 Å². The van der Waals surface area contributed by atoms with Crippen LogP contribution in [-0.4, -0.2) is 62.6 Å². The molecule has 0 N–H and O–H groups in total. The maximum absolute atomic E-state index is 12.2. The van der Waals surface area contributed by atoms with Crippen LogP contribution < -0.4 is 0 Å². The number of sulfone groups is 1. The summed E-state index contributed by atoms with van der Waals surface area (Å²) in [5.41, 5.74) is 0.646. The van der Waals surface area contributed by atoms with Crippen molar-refractivity contribution < 1.29 is 13.2 Å². The molecule has 0 radical (unpaired) electrons. The van der Waals surface area contributed by atoms with E-state index in [9.17, 15) is 13.2 Å². The van der Waals surface area contributed by atoms with Gasteiger partial charge in [-0.25, -0.2) is 8.42 Å². The third kappa shape index (κ3) is 4.97. The molecule has 1 fully saturated rings. The highest BCUT2D eigenvalue weighted by Crippen LogP contribution is 2.13. The van der Waals surface area contributed by atoms with Crippen molar-refractivity contribution in [2.45, 2.75) is 12.7 Å². The van der Waals surface area contributed by atoms with Gasteiger partial charge < -0.3 is 9.80 Å². The lowest BCUT2D eigenvalue weighted by atomic mass is 10.2. The van der Waals surface area contributed by atoms with E-state index in [0.29, 0.717) is 23.7 Å². The Bertz CT molecular complexity index is 608. The molecular formula is C15H21ClN2O3S. The summed E-state index contributed by atoms with van der Waals surface area (Å²) in [5, 5.41) is 0.561. The van der Waals surface area contributed by atoms with Crippen molar-refractivity contribution in [2.24, 2.45) is 0 Å². The Hall–Kier alpha value is -1.11. The van der Waals surface area contributed by atoms with Crippen molar-refractivity contribution in [3.05, 3.63) is 34.9 Å². The number of amides is 1. The van der Waals surface area contributed by atoms with Gasteiger partial charge in [0.2, 0.25) is 5.91 Å². The second kappa shape index (κ2) is 7.44. The third-order valence-electron chi connectivity index (χ3n) is 3.82. The smallest absolute Gasteiger partial charge is 0.237 e. The fourth-order valence-corrected chi connectivity index (χ4v) is 3.97. The van der Waals surface area contributed by atoms with Crippen molar-refractivity contribution >= 4 is 27.3 Å². The molecule has 7 heteroatoms. The summed E-state index contributed by atoms with van der Waals surface area (Å²) in [6.45, 7) is 5.84. The van der Waals surface area contributed by atoms with Gasteiger partial charge >= 0.3 is 0 Å². The van der Waals surface area contributed by atoms with E-state index in [-0.39, 0.29) is 11.7 Å². The Morgan fingerprint density at radius 1 is 1.14 bits per heavy atom. The van der Waals surface area contributed by atoms with Gasteiger partial charge in [0.15, 0.2) is 9.84 Å². The van der Waals surface area contributed by atoms with Gasteiger partial charge in [0.25, 0.3) is 0 Å². The number of likely N-dealkylation sites (N-methyl/N-ethyl adjacent to an activating group) is 1. The summed E-state index contributed by atoms with van der Waals surface area (Å²) in [5.74, 6) is -0.864. The average molecular weight is 345 g/mol. The molecule has 0 spiro atoms. The van der Waals surface area contributed by atoms with Crippen LogP contribution in [0.2, 0.25) is 5.02 Å². The predicted octanol–water partition coefficient (Wildman–Crippen LogP) is 1.42. The maximum atomic E-state index is 12.2. The fourth-order valence-electron chi connectivity index (χ4n) is 2.48. The van der Waals surface area contributed by atoms with E-state index in [4.69, 9.17) is 11.6 Å². The first kappa shape index (κ1) is 17.2. The number of rotatable bonds is 5. The van der Waals surface area contributed by atoms with Gasteiger partial charge in [-0.3, -0.25) is 4.79 Å². The molecule has 0 aliphatic carbocycles. The van der Waals surface area contributed by atoms with Crippen LogP contribution in [0.25, 0.3) is 0 Å². The molecule has 22 heavy (non-hydrogen) atoms. The largest absolute Gasteiger partial charge is 0.339 e. The van der Waals surface area contributed by atoms with Gasteiger partial charge in [-0.1, -0.05) is 30.7 Å². The molecule has 0 bridgehead atoms. The standard InChI is InChI=1S/C15H21ClN2O3S/c1-2-17-7-9-18(10-8-17)15(19)12-22(20,21)11-13-3-5-14(16)6-4-13/h3-6H,2,7-12H2,1H3. The van der Waals surface area contributed by atoms with Crippen molar-refractivity contribution in [3.8, 4) is 0 Å². The number of benzene rings is 1. The van der Waals surface area contributed by atoms with Gasteiger partial charge in [-0.2, -0.15) is 0 Å². The first-order valence-electron chi connectivity index (χ1n) is 7.34. The van der Waals surface area contributed by atoms with Gasteiger partial charge in [-0.15, -0.1) is 0 Å². The maximum Gasteiger partial charge on any atom is 0.237 e. The quantitative estimate of drug-likeness (QED) is 0.810. The molecule has 0 atom stereocenters. The molecule has 122 valence electrons. The van der Waals surface area contributed by atoms with Crippen LogP contribution in [0.5, 0.6) is 0 Å². The van der Waals surface area contributed by atoms with Crippen molar-refractivity contribution in [3.63, 3.8) is 0 Å². The van der Waals surface area contributed by atoms with Crippen LogP contribution in [0.15, 0.2) is 24.3 Å². The Morgan fingerprint density at radius 3 is 2.27 bits per heavy atom. The third-order valence-corrected chi connectivity index (χ3v) is 5.53. The van der Waals surface area contributed by atoms with Crippen LogP contribution in [0, 0.1) is 0 Å². The minimum absolute atomic E-state index is 0.134. The lowest BCUT2D eigenvalue weighted by molar-refractivity contribution is -0.130. The number of piperazine rings is 1. The van der Waals surface area contributed by atoms with Crippen LogP contribution in [-0.2, 0) is 20.4 Å².